The van der Waals surface area contributed by atoms with Gasteiger partial charge in [-0.2, -0.15) is 0 Å². The molecule has 2 aromatic carbocycles. The molecule has 0 aliphatic carbocycles. The van der Waals surface area contributed by atoms with Crippen LogP contribution in [0, 0.1) is 6.92 Å². The van der Waals surface area contributed by atoms with Crippen molar-refractivity contribution < 1.29 is 4.79 Å². The average molecular weight is 404 g/mol. The van der Waals surface area contributed by atoms with Gasteiger partial charge in [0, 0.05) is 14.6 Å². The Morgan fingerprint density at radius 2 is 1.95 bits per heavy atom. The molecule has 0 heterocycles. The molecule has 98 valence electrons. The summed E-state index contributed by atoms with van der Waals surface area (Å²) < 4.78 is 1.60. The molecule has 0 saturated carbocycles. The monoisotopic (exact) mass is 401 g/mol. The van der Waals surface area contributed by atoms with E-state index in [1.807, 2.05) is 19.1 Å². The van der Waals surface area contributed by atoms with Gasteiger partial charge in [-0.25, -0.2) is 0 Å². The number of rotatable bonds is 2. The molecule has 0 aliphatic rings. The second-order valence-electron chi connectivity index (χ2n) is 4.02. The van der Waals surface area contributed by atoms with Gasteiger partial charge in [0.25, 0.3) is 5.91 Å². The lowest BCUT2D eigenvalue weighted by Crippen LogP contribution is -2.12. The fourth-order valence-electron chi connectivity index (χ4n) is 1.60. The summed E-state index contributed by atoms with van der Waals surface area (Å²) in [7, 11) is 0. The van der Waals surface area contributed by atoms with Gasteiger partial charge in [0.1, 0.15) is 0 Å². The second kappa shape index (κ2) is 6.07. The number of aryl methyl sites for hydroxylation is 1. The summed E-state index contributed by atoms with van der Waals surface area (Å²) in [6.45, 7) is 1.94. The van der Waals surface area contributed by atoms with E-state index < -0.39 is 0 Å². The van der Waals surface area contributed by atoms with E-state index in [9.17, 15) is 4.79 Å². The van der Waals surface area contributed by atoms with Crippen molar-refractivity contribution in [1.82, 2.24) is 0 Å². The summed E-state index contributed by atoms with van der Waals surface area (Å²) in [6.07, 6.45) is 0. The number of hydrogen-bond acceptors (Lipinski definition) is 1. The van der Waals surface area contributed by atoms with Gasteiger partial charge in [0.05, 0.1) is 10.6 Å². The normalized spacial score (nSPS) is 10.3. The Morgan fingerprint density at radius 3 is 2.63 bits per heavy atom. The standard InChI is InChI=1S/C14H10Br2ClNO/c1-8-3-2-4-10(13(8)16)14(19)18-9-5-6-11(15)12(17)7-9/h2-7H,1H3,(H,18,19). The van der Waals surface area contributed by atoms with Gasteiger partial charge in [-0.05, 0) is 68.6 Å². The van der Waals surface area contributed by atoms with Crippen molar-refractivity contribution in [2.24, 2.45) is 0 Å². The molecule has 5 heteroatoms. The summed E-state index contributed by atoms with van der Waals surface area (Å²) in [5, 5.41) is 3.38. The molecule has 0 fully saturated rings. The van der Waals surface area contributed by atoms with Crippen LogP contribution in [-0.4, -0.2) is 5.91 Å². The average Bonchev–Trinajstić information content (AvgIpc) is 2.37. The molecule has 0 atom stereocenters. The van der Waals surface area contributed by atoms with Crippen molar-refractivity contribution >= 4 is 55.1 Å². The van der Waals surface area contributed by atoms with Gasteiger partial charge in [-0.3, -0.25) is 4.79 Å². The van der Waals surface area contributed by atoms with Crippen LogP contribution in [-0.2, 0) is 0 Å². The number of halogens is 3. The van der Waals surface area contributed by atoms with E-state index in [1.54, 1.807) is 24.3 Å². The van der Waals surface area contributed by atoms with E-state index in [-0.39, 0.29) is 5.91 Å². The van der Waals surface area contributed by atoms with Crippen LogP contribution in [0.5, 0.6) is 0 Å². The fourth-order valence-corrected chi connectivity index (χ4v) is 2.47. The van der Waals surface area contributed by atoms with Gasteiger partial charge in [-0.1, -0.05) is 23.7 Å². The van der Waals surface area contributed by atoms with Crippen LogP contribution in [0.3, 0.4) is 0 Å². The molecule has 0 bridgehead atoms. The Morgan fingerprint density at radius 1 is 1.21 bits per heavy atom. The molecule has 0 unspecified atom stereocenters. The molecule has 1 N–H and O–H groups in total. The minimum atomic E-state index is -0.172. The summed E-state index contributed by atoms with van der Waals surface area (Å²) in [4.78, 5) is 12.2. The highest BCUT2D eigenvalue weighted by Gasteiger charge is 2.11. The SMILES string of the molecule is Cc1cccc(C(=O)Nc2ccc(Br)c(Cl)c2)c1Br. The van der Waals surface area contributed by atoms with E-state index in [2.05, 4.69) is 37.2 Å². The molecular formula is C14H10Br2ClNO. The number of amides is 1. The van der Waals surface area contributed by atoms with Gasteiger partial charge < -0.3 is 5.32 Å². The molecule has 0 spiro atoms. The zero-order valence-corrected chi connectivity index (χ0v) is 13.9. The first-order chi connectivity index (χ1) is 8.99. The molecular weight excluding hydrogens is 393 g/mol. The first-order valence-electron chi connectivity index (χ1n) is 5.50. The Bertz CT molecular complexity index is 643. The van der Waals surface area contributed by atoms with E-state index >= 15 is 0 Å². The molecule has 2 rings (SSSR count). The number of carbonyl (C=O) groups is 1. The third kappa shape index (κ3) is 3.38. The van der Waals surface area contributed by atoms with Crippen molar-refractivity contribution in [2.45, 2.75) is 6.92 Å². The van der Waals surface area contributed by atoms with E-state index in [4.69, 9.17) is 11.6 Å². The van der Waals surface area contributed by atoms with Gasteiger partial charge in [0.2, 0.25) is 0 Å². The Balaban J connectivity index is 2.26. The van der Waals surface area contributed by atoms with E-state index in [1.165, 1.54) is 0 Å². The fraction of sp³-hybridized carbons (Fsp3) is 0.0714. The highest BCUT2D eigenvalue weighted by atomic mass is 79.9. The molecule has 19 heavy (non-hydrogen) atoms. The maximum atomic E-state index is 12.2. The van der Waals surface area contributed by atoms with Gasteiger partial charge in [0.15, 0.2) is 0 Å². The second-order valence-corrected chi connectivity index (χ2v) is 6.07. The first kappa shape index (κ1) is 14.6. The molecule has 0 saturated heterocycles. The van der Waals surface area contributed by atoms with Crippen molar-refractivity contribution in [3.8, 4) is 0 Å². The maximum Gasteiger partial charge on any atom is 0.256 e. The summed E-state index contributed by atoms with van der Waals surface area (Å²) >= 11 is 12.7. The van der Waals surface area contributed by atoms with Crippen molar-refractivity contribution in [3.05, 3.63) is 61.5 Å². The lowest BCUT2D eigenvalue weighted by atomic mass is 10.1. The Hall–Kier alpha value is -0.840. The van der Waals surface area contributed by atoms with Crippen LogP contribution in [0.4, 0.5) is 5.69 Å². The van der Waals surface area contributed by atoms with E-state index in [0.717, 1.165) is 14.5 Å². The summed E-state index contributed by atoms with van der Waals surface area (Å²) in [6, 6.07) is 10.8. The zero-order chi connectivity index (χ0) is 14.0. The number of nitrogens with one attached hydrogen (secondary N) is 1. The highest BCUT2D eigenvalue weighted by Crippen LogP contribution is 2.27. The van der Waals surface area contributed by atoms with Crippen LogP contribution in [0.15, 0.2) is 45.3 Å². The third-order valence-corrected chi connectivity index (χ3v) is 4.90. The Labute approximate surface area is 133 Å². The molecule has 0 aliphatic heterocycles. The van der Waals surface area contributed by atoms with Crippen LogP contribution in [0.1, 0.15) is 15.9 Å². The topological polar surface area (TPSA) is 29.1 Å². The highest BCUT2D eigenvalue weighted by molar-refractivity contribution is 9.10. The number of anilines is 1. The van der Waals surface area contributed by atoms with E-state index in [0.29, 0.717) is 16.3 Å². The van der Waals surface area contributed by atoms with Crippen LogP contribution in [0.25, 0.3) is 0 Å². The summed E-state index contributed by atoms with van der Waals surface area (Å²) in [5.74, 6) is -0.172. The van der Waals surface area contributed by atoms with Gasteiger partial charge >= 0.3 is 0 Å². The van der Waals surface area contributed by atoms with Crippen LogP contribution < -0.4 is 5.32 Å². The van der Waals surface area contributed by atoms with Crippen LogP contribution >= 0.6 is 43.5 Å². The lowest BCUT2D eigenvalue weighted by Gasteiger charge is -2.09. The third-order valence-electron chi connectivity index (χ3n) is 2.61. The maximum absolute atomic E-state index is 12.2. The molecule has 1 amide bonds. The van der Waals surface area contributed by atoms with Crippen molar-refractivity contribution in [2.75, 3.05) is 5.32 Å². The van der Waals surface area contributed by atoms with Crippen molar-refractivity contribution in [3.63, 3.8) is 0 Å². The number of hydrogen-bond donors (Lipinski definition) is 1. The Kier molecular flexibility index (Phi) is 4.66. The minimum absolute atomic E-state index is 0.172. The number of benzene rings is 2. The zero-order valence-electron chi connectivity index (χ0n) is 10.0. The molecule has 0 aromatic heterocycles. The first-order valence-corrected chi connectivity index (χ1v) is 7.47. The quantitative estimate of drug-likeness (QED) is 0.712. The largest absolute Gasteiger partial charge is 0.322 e. The van der Waals surface area contributed by atoms with Gasteiger partial charge in [-0.15, -0.1) is 0 Å². The summed E-state index contributed by atoms with van der Waals surface area (Å²) in [5.41, 5.74) is 2.27. The molecule has 0 radical (unpaired) electrons. The predicted octanol–water partition coefficient (Wildman–Crippen LogP) is 5.43. The van der Waals surface area contributed by atoms with Crippen LogP contribution in [0.2, 0.25) is 5.02 Å². The molecule has 2 aromatic rings. The lowest BCUT2D eigenvalue weighted by molar-refractivity contribution is 0.102. The smallest absolute Gasteiger partial charge is 0.256 e. The molecule has 2 nitrogen and oxygen atoms in total. The predicted molar refractivity (Wildman–Crippen MR) is 86.0 cm³/mol. The number of carbonyl (C=O) groups excluding carboxylic acids is 1. The minimum Gasteiger partial charge on any atom is -0.322 e. The van der Waals surface area contributed by atoms with Crippen molar-refractivity contribution in [1.29, 1.82) is 0 Å².